The zero-order valence-corrected chi connectivity index (χ0v) is 11.7. The molecule has 2 aromatic rings. The van der Waals surface area contributed by atoms with E-state index in [1.165, 1.54) is 18.2 Å². The molecule has 0 heterocycles. The van der Waals surface area contributed by atoms with Crippen LogP contribution in [0.15, 0.2) is 36.4 Å². The molecule has 114 valence electrons. The van der Waals surface area contributed by atoms with Crippen molar-refractivity contribution in [3.05, 3.63) is 58.6 Å². The summed E-state index contributed by atoms with van der Waals surface area (Å²) in [5.41, 5.74) is 4.52. The quantitative estimate of drug-likeness (QED) is 0.907. The number of nitrogens with two attached hydrogens (primary N) is 1. The number of hydrogen-bond donors (Lipinski definition) is 2. The molecule has 0 saturated carbocycles. The van der Waals surface area contributed by atoms with E-state index in [4.69, 9.17) is 17.3 Å². The molecule has 0 bridgehead atoms. The minimum Gasteiger partial charge on any atom is -0.407 e. The molecule has 0 radical (unpaired) electrons. The number of primary amides is 1. The topological polar surface area (TPSA) is 81.4 Å². The van der Waals surface area contributed by atoms with Crippen LogP contribution in [-0.2, 0) is 0 Å². The molecule has 5 nitrogen and oxygen atoms in total. The number of amides is 2. The van der Waals surface area contributed by atoms with Gasteiger partial charge in [0.15, 0.2) is 11.6 Å². The zero-order valence-electron chi connectivity index (χ0n) is 10.9. The van der Waals surface area contributed by atoms with Crippen molar-refractivity contribution in [3.63, 3.8) is 0 Å². The molecule has 2 rings (SSSR count). The molecule has 0 aliphatic heterocycles. The molecule has 0 aliphatic carbocycles. The van der Waals surface area contributed by atoms with E-state index in [0.717, 1.165) is 18.2 Å². The van der Waals surface area contributed by atoms with Gasteiger partial charge in [-0.2, -0.15) is 0 Å². The van der Waals surface area contributed by atoms with Crippen molar-refractivity contribution in [2.45, 2.75) is 0 Å². The first-order valence-electron chi connectivity index (χ1n) is 5.90. The fraction of sp³-hybridized carbons (Fsp3) is 0. The van der Waals surface area contributed by atoms with E-state index >= 15 is 0 Å². The highest BCUT2D eigenvalue weighted by Crippen LogP contribution is 2.26. The first-order chi connectivity index (χ1) is 10.4. The van der Waals surface area contributed by atoms with Crippen molar-refractivity contribution in [2.24, 2.45) is 5.73 Å². The molecule has 2 amide bonds. The summed E-state index contributed by atoms with van der Waals surface area (Å²) in [5.74, 6) is -2.77. The van der Waals surface area contributed by atoms with Crippen molar-refractivity contribution in [3.8, 4) is 5.75 Å². The molecule has 0 spiro atoms. The summed E-state index contributed by atoms with van der Waals surface area (Å²) in [5, 5.41) is 2.12. The lowest BCUT2D eigenvalue weighted by Gasteiger charge is -2.10. The second-order valence-electron chi connectivity index (χ2n) is 4.12. The maximum atomic E-state index is 14.0. The summed E-state index contributed by atoms with van der Waals surface area (Å²) < 4.78 is 31.4. The third kappa shape index (κ3) is 3.50. The van der Waals surface area contributed by atoms with Crippen LogP contribution in [0.1, 0.15) is 10.4 Å². The highest BCUT2D eigenvalue weighted by atomic mass is 35.5. The molecule has 0 aromatic heterocycles. The number of ether oxygens (including phenoxy) is 1. The van der Waals surface area contributed by atoms with Gasteiger partial charge in [-0.1, -0.05) is 17.7 Å². The molecule has 3 N–H and O–H groups in total. The zero-order chi connectivity index (χ0) is 16.3. The van der Waals surface area contributed by atoms with Gasteiger partial charge in [0.2, 0.25) is 0 Å². The van der Waals surface area contributed by atoms with Crippen LogP contribution in [0.2, 0.25) is 5.02 Å². The number of carbonyl (C=O) groups excluding carboxylic acids is 2. The van der Waals surface area contributed by atoms with Crippen LogP contribution < -0.4 is 15.8 Å². The molecule has 0 unspecified atom stereocenters. The van der Waals surface area contributed by atoms with Crippen LogP contribution in [0.25, 0.3) is 0 Å². The molecule has 8 heteroatoms. The SMILES string of the molecule is NC(=O)Oc1cccc(NC(=O)c2ccc(F)cc2Cl)c1F. The van der Waals surface area contributed by atoms with Gasteiger partial charge in [0.25, 0.3) is 5.91 Å². The van der Waals surface area contributed by atoms with Gasteiger partial charge in [-0.3, -0.25) is 4.79 Å². The number of halogens is 3. The summed E-state index contributed by atoms with van der Waals surface area (Å²) in [6.45, 7) is 0. The van der Waals surface area contributed by atoms with Gasteiger partial charge >= 0.3 is 6.09 Å². The van der Waals surface area contributed by atoms with Crippen molar-refractivity contribution >= 4 is 29.3 Å². The Hall–Kier alpha value is -2.67. The molecule has 0 atom stereocenters. The van der Waals surface area contributed by atoms with E-state index < -0.39 is 29.4 Å². The molecular weight excluding hydrogens is 318 g/mol. The number of nitrogens with one attached hydrogen (secondary N) is 1. The third-order valence-corrected chi connectivity index (χ3v) is 2.91. The Morgan fingerprint density at radius 3 is 2.55 bits per heavy atom. The van der Waals surface area contributed by atoms with Gasteiger partial charge in [0, 0.05) is 0 Å². The van der Waals surface area contributed by atoms with Crippen molar-refractivity contribution < 1.29 is 23.1 Å². The van der Waals surface area contributed by atoms with Crippen molar-refractivity contribution in [1.82, 2.24) is 0 Å². The summed E-state index contributed by atoms with van der Waals surface area (Å²) in [6, 6.07) is 6.93. The predicted molar refractivity (Wildman–Crippen MR) is 76.0 cm³/mol. The van der Waals surface area contributed by atoms with Crippen LogP contribution in [-0.4, -0.2) is 12.0 Å². The fourth-order valence-corrected chi connectivity index (χ4v) is 1.91. The molecule has 0 saturated heterocycles. The number of hydrogen-bond acceptors (Lipinski definition) is 3. The van der Waals surface area contributed by atoms with Gasteiger partial charge in [0.1, 0.15) is 5.82 Å². The Labute approximate surface area is 128 Å². The first kappa shape index (κ1) is 15.7. The van der Waals surface area contributed by atoms with E-state index in [1.807, 2.05) is 0 Å². The number of benzene rings is 2. The highest BCUT2D eigenvalue weighted by molar-refractivity contribution is 6.34. The molecule has 0 fully saturated rings. The maximum absolute atomic E-state index is 14.0. The van der Waals surface area contributed by atoms with E-state index in [0.29, 0.717) is 0 Å². The Morgan fingerprint density at radius 1 is 1.18 bits per heavy atom. The predicted octanol–water partition coefficient (Wildman–Crippen LogP) is 3.33. The van der Waals surface area contributed by atoms with Crippen molar-refractivity contribution in [2.75, 3.05) is 5.32 Å². The highest BCUT2D eigenvalue weighted by Gasteiger charge is 2.16. The first-order valence-corrected chi connectivity index (χ1v) is 6.28. The van der Waals surface area contributed by atoms with Gasteiger partial charge < -0.3 is 15.8 Å². The third-order valence-electron chi connectivity index (χ3n) is 2.60. The van der Waals surface area contributed by atoms with Crippen LogP contribution in [0.4, 0.5) is 19.3 Å². The number of carbonyl (C=O) groups is 2. The average Bonchev–Trinajstić information content (AvgIpc) is 2.42. The number of anilines is 1. The fourth-order valence-electron chi connectivity index (χ4n) is 1.66. The van der Waals surface area contributed by atoms with Crippen LogP contribution in [0.3, 0.4) is 0 Å². The summed E-state index contributed by atoms with van der Waals surface area (Å²) in [6.07, 6.45) is -1.19. The molecular formula is C14H9ClF2N2O3. The Bertz CT molecular complexity index is 753. The summed E-state index contributed by atoms with van der Waals surface area (Å²) >= 11 is 5.75. The Balaban J connectivity index is 2.27. The smallest absolute Gasteiger partial charge is 0.407 e. The maximum Gasteiger partial charge on any atom is 0.410 e. The van der Waals surface area contributed by atoms with E-state index in [1.54, 1.807) is 0 Å². The van der Waals surface area contributed by atoms with E-state index in [-0.39, 0.29) is 16.3 Å². The Morgan fingerprint density at radius 2 is 1.91 bits per heavy atom. The van der Waals surface area contributed by atoms with E-state index in [9.17, 15) is 18.4 Å². The average molecular weight is 327 g/mol. The minimum absolute atomic E-state index is 0.0383. The largest absolute Gasteiger partial charge is 0.410 e. The lowest BCUT2D eigenvalue weighted by Crippen LogP contribution is -2.18. The molecule has 2 aromatic carbocycles. The summed E-state index contributed by atoms with van der Waals surface area (Å²) in [4.78, 5) is 22.7. The summed E-state index contributed by atoms with van der Waals surface area (Å²) in [7, 11) is 0. The second kappa shape index (κ2) is 6.40. The standard InChI is InChI=1S/C14H9ClF2N2O3/c15-9-6-7(16)4-5-8(9)13(20)19-10-2-1-3-11(12(10)17)22-14(18)21/h1-6H,(H2,18,21)(H,19,20). The monoisotopic (exact) mass is 326 g/mol. The van der Waals surface area contributed by atoms with E-state index in [2.05, 4.69) is 10.1 Å². The van der Waals surface area contributed by atoms with Crippen LogP contribution in [0.5, 0.6) is 5.75 Å². The van der Waals surface area contributed by atoms with Gasteiger partial charge in [-0.05, 0) is 30.3 Å². The van der Waals surface area contributed by atoms with Gasteiger partial charge in [0.05, 0.1) is 16.3 Å². The lowest BCUT2D eigenvalue weighted by molar-refractivity contribution is 0.102. The van der Waals surface area contributed by atoms with Crippen LogP contribution >= 0.6 is 11.6 Å². The van der Waals surface area contributed by atoms with Crippen molar-refractivity contribution in [1.29, 1.82) is 0 Å². The Kier molecular flexibility index (Phi) is 4.57. The number of rotatable bonds is 3. The lowest BCUT2D eigenvalue weighted by atomic mass is 10.2. The van der Waals surface area contributed by atoms with Gasteiger partial charge in [-0.15, -0.1) is 0 Å². The normalized spacial score (nSPS) is 10.1. The molecule has 0 aliphatic rings. The minimum atomic E-state index is -1.19. The molecule has 22 heavy (non-hydrogen) atoms. The van der Waals surface area contributed by atoms with Crippen LogP contribution in [0, 0.1) is 11.6 Å². The van der Waals surface area contributed by atoms with Gasteiger partial charge in [-0.25, -0.2) is 13.6 Å². The second-order valence-corrected chi connectivity index (χ2v) is 4.52.